The first-order valence-corrected chi connectivity index (χ1v) is 7.04. The van der Waals surface area contributed by atoms with E-state index in [-0.39, 0.29) is 22.0 Å². The van der Waals surface area contributed by atoms with Gasteiger partial charge in [-0.3, -0.25) is 9.97 Å². The van der Waals surface area contributed by atoms with Crippen LogP contribution in [0.2, 0.25) is 0 Å². The molecule has 1 atom stereocenters. The largest absolute Gasteiger partial charge is 0.496 e. The molecule has 1 aliphatic heterocycles. The van der Waals surface area contributed by atoms with Crippen molar-refractivity contribution in [1.82, 2.24) is 9.97 Å². The van der Waals surface area contributed by atoms with Crippen LogP contribution in [-0.4, -0.2) is 17.1 Å². The van der Waals surface area contributed by atoms with Crippen molar-refractivity contribution in [1.29, 1.82) is 5.26 Å². The van der Waals surface area contributed by atoms with Crippen LogP contribution in [-0.2, 0) is 0 Å². The molecule has 8 heteroatoms. The van der Waals surface area contributed by atoms with Crippen molar-refractivity contribution in [3.8, 4) is 17.7 Å². The van der Waals surface area contributed by atoms with Crippen LogP contribution < -0.4 is 20.9 Å². The molecule has 2 heterocycles. The molecule has 0 amide bonds. The van der Waals surface area contributed by atoms with Crippen molar-refractivity contribution in [2.24, 2.45) is 5.73 Å². The summed E-state index contributed by atoms with van der Waals surface area (Å²) in [4.78, 5) is 16.6. The highest BCUT2D eigenvalue weighted by Gasteiger charge is 2.34. The second-order valence-corrected chi connectivity index (χ2v) is 5.23. The smallest absolute Gasteiger partial charge is 0.326 e. The van der Waals surface area contributed by atoms with E-state index in [0.29, 0.717) is 16.9 Å². The Morgan fingerprint density at radius 1 is 1.39 bits per heavy atom. The molecule has 1 aromatic carbocycles. The zero-order chi connectivity index (χ0) is 16.6. The molecule has 1 aromatic heterocycles. The third-order valence-corrected chi connectivity index (χ3v) is 3.89. The molecule has 0 fully saturated rings. The standard InChI is InChI=1S/C15H12N4O3S/c1-21-9-5-3-2-4-7(9)10-8(6-16)12(17)22-13-11(10)14(23)19-15(20)18-13/h2-5,10H,17H2,1H3,(H2,18,19,20,23). The number of para-hydroxylation sites is 1. The van der Waals surface area contributed by atoms with E-state index in [1.807, 2.05) is 18.2 Å². The number of H-pyrrole nitrogens is 2. The van der Waals surface area contributed by atoms with E-state index in [4.69, 9.17) is 27.4 Å². The summed E-state index contributed by atoms with van der Waals surface area (Å²) in [6.45, 7) is 0. The number of nitrogens with two attached hydrogens (primary N) is 1. The van der Waals surface area contributed by atoms with Gasteiger partial charge in [0.1, 0.15) is 22.0 Å². The number of aromatic amines is 2. The van der Waals surface area contributed by atoms with Crippen LogP contribution in [0, 0.1) is 16.0 Å². The normalized spacial score (nSPS) is 16.3. The molecule has 2 aromatic rings. The number of hydrogen-bond donors (Lipinski definition) is 3. The predicted molar refractivity (Wildman–Crippen MR) is 84.5 cm³/mol. The van der Waals surface area contributed by atoms with Gasteiger partial charge >= 0.3 is 5.69 Å². The number of ether oxygens (including phenoxy) is 2. The predicted octanol–water partition coefficient (Wildman–Crippen LogP) is 1.66. The van der Waals surface area contributed by atoms with Gasteiger partial charge in [-0.05, 0) is 6.07 Å². The van der Waals surface area contributed by atoms with Gasteiger partial charge in [0.25, 0.3) is 0 Å². The summed E-state index contributed by atoms with van der Waals surface area (Å²) in [5, 5.41) is 9.50. The van der Waals surface area contributed by atoms with Crippen LogP contribution in [0.3, 0.4) is 0 Å². The zero-order valence-corrected chi connectivity index (χ0v) is 12.9. The Balaban J connectivity index is 2.37. The lowest BCUT2D eigenvalue weighted by atomic mass is 9.85. The van der Waals surface area contributed by atoms with Crippen molar-refractivity contribution in [2.45, 2.75) is 5.92 Å². The number of methoxy groups -OCH3 is 1. The van der Waals surface area contributed by atoms with Crippen LogP contribution in [0.25, 0.3) is 0 Å². The Hall–Kier alpha value is -3.05. The fourth-order valence-corrected chi connectivity index (χ4v) is 2.91. The first-order valence-electron chi connectivity index (χ1n) is 6.63. The highest BCUT2D eigenvalue weighted by Crippen LogP contribution is 2.43. The Morgan fingerprint density at radius 3 is 2.83 bits per heavy atom. The highest BCUT2D eigenvalue weighted by atomic mass is 32.1. The second kappa shape index (κ2) is 5.62. The van der Waals surface area contributed by atoms with Gasteiger partial charge in [0, 0.05) is 5.56 Å². The number of nitrogens with zero attached hydrogens (tertiary/aromatic N) is 1. The topological polar surface area (TPSA) is 117 Å². The van der Waals surface area contributed by atoms with Gasteiger partial charge in [-0.15, -0.1) is 0 Å². The number of benzene rings is 1. The summed E-state index contributed by atoms with van der Waals surface area (Å²) in [7, 11) is 1.53. The molecule has 116 valence electrons. The first kappa shape index (κ1) is 14.9. The average molecular weight is 328 g/mol. The van der Waals surface area contributed by atoms with Crippen molar-refractivity contribution >= 4 is 12.2 Å². The summed E-state index contributed by atoms with van der Waals surface area (Å²) in [5.41, 5.74) is 6.71. The van der Waals surface area contributed by atoms with Gasteiger partial charge in [0.15, 0.2) is 0 Å². The van der Waals surface area contributed by atoms with E-state index in [1.54, 1.807) is 6.07 Å². The molecule has 3 rings (SSSR count). The number of allylic oxidation sites excluding steroid dienone is 1. The monoisotopic (exact) mass is 328 g/mol. The van der Waals surface area contributed by atoms with E-state index >= 15 is 0 Å². The Morgan fingerprint density at radius 2 is 2.13 bits per heavy atom. The fourth-order valence-electron chi connectivity index (χ4n) is 2.61. The minimum atomic E-state index is -0.597. The quantitative estimate of drug-likeness (QED) is 0.722. The SMILES string of the molecule is COc1ccccc1C1C(C#N)=C(N)Oc2[nH]c(=O)[nH]c(=S)c21. The number of nitriles is 1. The summed E-state index contributed by atoms with van der Waals surface area (Å²) in [6.07, 6.45) is 0. The molecule has 0 spiro atoms. The molecule has 4 N–H and O–H groups in total. The van der Waals surface area contributed by atoms with E-state index < -0.39 is 11.6 Å². The van der Waals surface area contributed by atoms with Gasteiger partial charge in [-0.1, -0.05) is 30.4 Å². The third-order valence-electron chi connectivity index (χ3n) is 3.57. The minimum Gasteiger partial charge on any atom is -0.496 e. The van der Waals surface area contributed by atoms with Crippen molar-refractivity contribution in [2.75, 3.05) is 7.11 Å². The van der Waals surface area contributed by atoms with Crippen LogP contribution in [0.4, 0.5) is 0 Å². The Labute approximate surface area is 136 Å². The number of fused-ring (bicyclic) bond motifs is 1. The molecule has 0 saturated heterocycles. The van der Waals surface area contributed by atoms with Crippen LogP contribution in [0.5, 0.6) is 11.6 Å². The maximum Gasteiger partial charge on any atom is 0.326 e. The molecule has 0 radical (unpaired) electrons. The number of nitrogens with one attached hydrogen (secondary N) is 2. The molecule has 23 heavy (non-hydrogen) atoms. The molecule has 0 bridgehead atoms. The maximum atomic E-state index is 11.6. The van der Waals surface area contributed by atoms with Gasteiger partial charge in [-0.25, -0.2) is 4.79 Å². The maximum absolute atomic E-state index is 11.6. The Bertz CT molecular complexity index is 968. The number of rotatable bonds is 2. The van der Waals surface area contributed by atoms with Gasteiger partial charge < -0.3 is 15.2 Å². The van der Waals surface area contributed by atoms with Gasteiger partial charge in [-0.2, -0.15) is 5.26 Å². The summed E-state index contributed by atoms with van der Waals surface area (Å²) in [5.74, 6) is 0.0327. The van der Waals surface area contributed by atoms with E-state index in [2.05, 4.69) is 16.0 Å². The average Bonchev–Trinajstić information content (AvgIpc) is 2.53. The molecule has 0 saturated carbocycles. The molecule has 1 unspecified atom stereocenters. The lowest BCUT2D eigenvalue weighted by Gasteiger charge is -2.26. The van der Waals surface area contributed by atoms with Crippen LogP contribution in [0.15, 0.2) is 40.5 Å². The fraction of sp³-hybridized carbons (Fsp3) is 0.133. The van der Waals surface area contributed by atoms with Gasteiger partial charge in [0.2, 0.25) is 11.8 Å². The summed E-state index contributed by atoms with van der Waals surface area (Å²) in [6, 6.07) is 9.27. The van der Waals surface area contributed by atoms with Crippen molar-refractivity contribution in [3.63, 3.8) is 0 Å². The second-order valence-electron chi connectivity index (χ2n) is 4.82. The zero-order valence-electron chi connectivity index (χ0n) is 12.0. The lowest BCUT2D eigenvalue weighted by Crippen LogP contribution is -2.26. The van der Waals surface area contributed by atoms with E-state index in [1.165, 1.54) is 7.11 Å². The summed E-state index contributed by atoms with van der Waals surface area (Å²) >= 11 is 5.25. The molecular weight excluding hydrogens is 316 g/mol. The Kier molecular flexibility index (Phi) is 3.64. The van der Waals surface area contributed by atoms with Crippen molar-refractivity contribution in [3.05, 3.63) is 62.0 Å². The van der Waals surface area contributed by atoms with Crippen LogP contribution >= 0.6 is 12.2 Å². The number of hydrogen-bond acceptors (Lipinski definition) is 6. The van der Waals surface area contributed by atoms with Gasteiger partial charge in [0.05, 0.1) is 18.6 Å². The van der Waals surface area contributed by atoms with E-state index in [9.17, 15) is 10.1 Å². The number of aromatic nitrogens is 2. The van der Waals surface area contributed by atoms with Crippen molar-refractivity contribution < 1.29 is 9.47 Å². The molecule has 1 aliphatic rings. The van der Waals surface area contributed by atoms with E-state index in [0.717, 1.165) is 0 Å². The molecule has 7 nitrogen and oxygen atoms in total. The molecular formula is C15H12N4O3S. The minimum absolute atomic E-state index is 0.0767. The van der Waals surface area contributed by atoms with Crippen LogP contribution in [0.1, 0.15) is 17.0 Å². The third kappa shape index (κ3) is 2.37. The first-order chi connectivity index (χ1) is 11.1. The highest BCUT2D eigenvalue weighted by molar-refractivity contribution is 7.71. The summed E-state index contributed by atoms with van der Waals surface area (Å²) < 4.78 is 10.9. The molecule has 0 aliphatic carbocycles. The lowest BCUT2D eigenvalue weighted by molar-refractivity contribution is 0.370.